The molecule has 0 aliphatic carbocycles. The van der Waals surface area contributed by atoms with E-state index >= 15 is 0 Å². The second-order valence-corrected chi connectivity index (χ2v) is 4.02. The topological polar surface area (TPSA) is 0 Å². The van der Waals surface area contributed by atoms with Gasteiger partial charge in [-0.05, 0) is 19.7 Å². The molecule has 0 amide bonds. The molecule has 0 spiro atoms. The van der Waals surface area contributed by atoms with Crippen LogP contribution in [0.15, 0.2) is 0 Å². The Morgan fingerprint density at radius 3 is 1.17 bits per heavy atom. The van der Waals surface area contributed by atoms with Gasteiger partial charge in [0.15, 0.2) is 0 Å². The predicted octanol–water partition coefficient (Wildman–Crippen LogP) is 2.05. The summed E-state index contributed by atoms with van der Waals surface area (Å²) in [7, 11) is 2.66. The number of hydrogen-bond acceptors (Lipinski definition) is 4. The third-order valence-corrected chi connectivity index (χ3v) is 2.70. The van der Waals surface area contributed by atoms with Crippen LogP contribution >= 0.6 is 43.0 Å². The van der Waals surface area contributed by atoms with Gasteiger partial charge in [-0.3, -0.25) is 0 Å². The molecule has 0 saturated heterocycles. The fourth-order valence-electron chi connectivity index (χ4n) is 0. The number of thiol groups is 2. The van der Waals surface area contributed by atoms with E-state index in [9.17, 15) is 0 Å². The van der Waals surface area contributed by atoms with E-state index in [-0.39, 0.29) is 38.0 Å². The molecule has 0 aliphatic rings. The van der Waals surface area contributed by atoms with Gasteiger partial charge in [-0.15, -0.1) is 0 Å². The van der Waals surface area contributed by atoms with Crippen molar-refractivity contribution >= 4 is 43.0 Å². The van der Waals surface area contributed by atoms with Crippen molar-refractivity contribution in [2.24, 2.45) is 0 Å². The van der Waals surface area contributed by atoms with Gasteiger partial charge in [0.1, 0.15) is 0 Å². The third kappa shape index (κ3) is 16.0. The van der Waals surface area contributed by atoms with Crippen LogP contribution in [0.3, 0.4) is 0 Å². The Labute approximate surface area is 80.0 Å². The molecule has 6 heteroatoms. The Hall–Kier alpha value is 2.61. The molecule has 0 aliphatic heterocycles. The summed E-state index contributed by atoms with van der Waals surface area (Å²) in [5.41, 5.74) is 0. The van der Waals surface area contributed by atoms with Crippen molar-refractivity contribution in [1.29, 1.82) is 0 Å². The molecule has 33 valence electrons. The first-order chi connectivity index (χ1) is 1.91. The van der Waals surface area contributed by atoms with Gasteiger partial charge in [0, 0.05) is 38.0 Å². The van der Waals surface area contributed by atoms with E-state index in [1.54, 1.807) is 0 Å². The summed E-state index contributed by atoms with van der Waals surface area (Å²) in [6.45, 7) is 0. The summed E-state index contributed by atoms with van der Waals surface area (Å²) in [5.74, 6) is 0. The molecule has 0 aromatic carbocycles. The van der Waals surface area contributed by atoms with Crippen molar-refractivity contribution in [2.75, 3.05) is 0 Å². The maximum absolute atomic E-state index is 3.72. The number of rotatable bonds is 1. The molecule has 0 atom stereocenters. The van der Waals surface area contributed by atoms with Gasteiger partial charge in [-0.1, -0.05) is 23.3 Å². The largest absolute Gasteiger partial charge is 0.0989 e. The first-order valence-electron chi connectivity index (χ1n) is 0.532. The van der Waals surface area contributed by atoms with E-state index < -0.39 is 0 Å². The maximum Gasteiger partial charge on any atom is 0 e. The monoisotopic (exact) mass is 245 g/mol. The SMILES string of the molecule is SSSS.[V].[Zn]. The second kappa shape index (κ2) is 15.6. The van der Waals surface area contributed by atoms with Crippen LogP contribution in [-0.2, 0) is 38.0 Å². The van der Waals surface area contributed by atoms with E-state index in [1.807, 2.05) is 0 Å². The van der Waals surface area contributed by atoms with E-state index in [0.29, 0.717) is 0 Å². The van der Waals surface area contributed by atoms with Gasteiger partial charge in [0.2, 0.25) is 0 Å². The second-order valence-electron chi connectivity index (χ2n) is 0.149. The molecule has 0 nitrogen and oxygen atoms in total. The fourth-order valence-corrected chi connectivity index (χ4v) is 0. The van der Waals surface area contributed by atoms with E-state index in [4.69, 9.17) is 0 Å². The average molecular weight is 247 g/mol. The van der Waals surface area contributed by atoms with Crippen molar-refractivity contribution in [3.05, 3.63) is 0 Å². The van der Waals surface area contributed by atoms with Crippen LogP contribution in [0, 0.1) is 0 Å². The molecule has 0 bridgehead atoms. The van der Waals surface area contributed by atoms with Crippen LogP contribution in [0.5, 0.6) is 0 Å². The van der Waals surface area contributed by atoms with Crippen molar-refractivity contribution in [3.63, 3.8) is 0 Å². The summed E-state index contributed by atoms with van der Waals surface area (Å²) in [6, 6.07) is 0. The zero-order chi connectivity index (χ0) is 3.41. The normalized spacial score (nSPS) is 5.00. The van der Waals surface area contributed by atoms with Gasteiger partial charge in [-0.2, -0.15) is 0 Å². The number of hydrogen-bond donors (Lipinski definition) is 2. The van der Waals surface area contributed by atoms with Gasteiger partial charge >= 0.3 is 0 Å². The Morgan fingerprint density at radius 2 is 1.17 bits per heavy atom. The molecule has 0 fully saturated rings. The van der Waals surface area contributed by atoms with Crippen molar-refractivity contribution in [2.45, 2.75) is 0 Å². The smallest absolute Gasteiger partial charge is 0 e. The summed E-state index contributed by atoms with van der Waals surface area (Å²) in [6.07, 6.45) is 0. The Bertz CT molecular complexity index is 9.51. The molecule has 0 saturated carbocycles. The summed E-state index contributed by atoms with van der Waals surface area (Å²) < 4.78 is 0. The molecule has 6 heavy (non-hydrogen) atoms. The molecule has 1 radical (unpaired) electrons. The first-order valence-corrected chi connectivity index (χ1v) is 4.79. The van der Waals surface area contributed by atoms with Crippen LogP contribution < -0.4 is 0 Å². The first kappa shape index (κ1) is 15.8. The van der Waals surface area contributed by atoms with Gasteiger partial charge < -0.3 is 0 Å². The van der Waals surface area contributed by atoms with E-state index in [0.717, 1.165) is 0 Å². The molecule has 0 heterocycles. The minimum absolute atomic E-state index is 0. The van der Waals surface area contributed by atoms with Crippen molar-refractivity contribution in [3.8, 4) is 0 Å². The minimum atomic E-state index is 0. The molecule has 0 aromatic rings. The van der Waals surface area contributed by atoms with Crippen LogP contribution in [0.1, 0.15) is 0 Å². The zero-order valence-corrected chi connectivity index (χ0v) is 10.7. The van der Waals surface area contributed by atoms with Crippen LogP contribution in [-0.4, -0.2) is 0 Å². The van der Waals surface area contributed by atoms with Gasteiger partial charge in [0.25, 0.3) is 0 Å². The molecule has 0 aromatic heterocycles. The quantitative estimate of drug-likeness (QED) is 0.413. The summed E-state index contributed by atoms with van der Waals surface area (Å²) >= 11 is 7.45. The Morgan fingerprint density at radius 1 is 1.00 bits per heavy atom. The Kier molecular flexibility index (Phi) is 41.3. The zero-order valence-electron chi connectivity index (χ0n) is 2.87. The summed E-state index contributed by atoms with van der Waals surface area (Å²) in [5, 5.41) is 0. The van der Waals surface area contributed by atoms with Crippen molar-refractivity contribution < 1.29 is 38.0 Å². The average Bonchev–Trinajstić information content (AvgIpc) is 1.37. The van der Waals surface area contributed by atoms with Crippen LogP contribution in [0.2, 0.25) is 0 Å². The Balaban J connectivity index is -0.0000000450. The minimum Gasteiger partial charge on any atom is -0.0989 e. The molecular formula is H2S4VZn. The summed E-state index contributed by atoms with van der Waals surface area (Å²) in [4.78, 5) is 0. The predicted molar refractivity (Wildman–Crippen MR) is 33.2 cm³/mol. The molecule has 0 unspecified atom stereocenters. The van der Waals surface area contributed by atoms with Gasteiger partial charge in [0.05, 0.1) is 0 Å². The third-order valence-electron chi connectivity index (χ3n) is 0.0333. The maximum atomic E-state index is 3.72. The van der Waals surface area contributed by atoms with Crippen LogP contribution in [0.4, 0.5) is 0 Å². The van der Waals surface area contributed by atoms with Gasteiger partial charge in [-0.25, -0.2) is 0 Å². The van der Waals surface area contributed by atoms with E-state index in [2.05, 4.69) is 23.3 Å². The molecular weight excluding hydrogens is 245 g/mol. The molecule has 0 N–H and O–H groups in total. The van der Waals surface area contributed by atoms with Crippen molar-refractivity contribution in [1.82, 2.24) is 0 Å². The molecule has 0 rings (SSSR count). The van der Waals surface area contributed by atoms with Crippen LogP contribution in [0.25, 0.3) is 0 Å². The fraction of sp³-hybridized carbons (Fsp3) is 0. The van der Waals surface area contributed by atoms with E-state index in [1.165, 1.54) is 19.7 Å². The standard InChI is InChI=1S/H2S4.V.Zn/c1-3-4-2;;/h1-2H;;.